The summed E-state index contributed by atoms with van der Waals surface area (Å²) in [6, 6.07) is 13.9. The molecule has 1 unspecified atom stereocenters. The zero-order chi connectivity index (χ0) is 30.7. The zero-order valence-corrected chi connectivity index (χ0v) is 24.9. The Hall–Kier alpha value is -4.87. The number of hydrogen-bond acceptors (Lipinski definition) is 12. The summed E-state index contributed by atoms with van der Waals surface area (Å²) in [5, 5.41) is 21.9. The first kappa shape index (κ1) is 29.6. The summed E-state index contributed by atoms with van der Waals surface area (Å²) in [6.07, 6.45) is 1.48. The van der Waals surface area contributed by atoms with Gasteiger partial charge in [-0.2, -0.15) is 5.26 Å². The monoisotopic (exact) mass is 617 g/mol. The van der Waals surface area contributed by atoms with Gasteiger partial charge in [-0.15, -0.1) is 10.2 Å². The second-order valence-electron chi connectivity index (χ2n) is 9.52. The van der Waals surface area contributed by atoms with Gasteiger partial charge in [0.25, 0.3) is 5.91 Å². The van der Waals surface area contributed by atoms with Crippen LogP contribution in [0.2, 0.25) is 0 Å². The summed E-state index contributed by atoms with van der Waals surface area (Å²) >= 11 is 2.32. The van der Waals surface area contributed by atoms with Gasteiger partial charge >= 0.3 is 0 Å². The van der Waals surface area contributed by atoms with Crippen LogP contribution in [0.5, 0.6) is 11.5 Å². The van der Waals surface area contributed by atoms with Crippen LogP contribution in [-0.2, 0) is 9.59 Å². The molecule has 43 heavy (non-hydrogen) atoms. The van der Waals surface area contributed by atoms with Crippen LogP contribution in [0, 0.1) is 11.3 Å². The minimum atomic E-state index is -0.747. The van der Waals surface area contributed by atoms with Crippen molar-refractivity contribution in [3.63, 3.8) is 0 Å². The van der Waals surface area contributed by atoms with Crippen molar-refractivity contribution >= 4 is 51.5 Å². The number of carbonyl (C=O) groups is 3. The van der Waals surface area contributed by atoms with Crippen molar-refractivity contribution in [2.75, 3.05) is 30.2 Å². The number of amides is 2. The summed E-state index contributed by atoms with van der Waals surface area (Å²) in [7, 11) is 3.06. The Balaban J connectivity index is 1.45. The number of nitrogens with one attached hydrogen (secondary N) is 1. The summed E-state index contributed by atoms with van der Waals surface area (Å²) in [5.74, 6) is -0.680. The number of rotatable bonds is 9. The van der Waals surface area contributed by atoms with E-state index in [-0.39, 0.29) is 34.4 Å². The molecule has 0 spiro atoms. The van der Waals surface area contributed by atoms with Crippen LogP contribution in [0.25, 0.3) is 0 Å². The number of anilines is 2. The predicted octanol–water partition coefficient (Wildman–Crippen LogP) is 3.69. The first-order valence-corrected chi connectivity index (χ1v) is 14.9. The summed E-state index contributed by atoms with van der Waals surface area (Å²) in [6.45, 7) is 0. The molecule has 0 saturated heterocycles. The number of benzene rings is 2. The number of para-hydroxylation sites is 1. The number of nitrogens with zero attached hydrogens (tertiary/aromatic N) is 4. The molecule has 2 amide bonds. The van der Waals surface area contributed by atoms with Gasteiger partial charge in [0.2, 0.25) is 11.0 Å². The van der Waals surface area contributed by atoms with Crippen LogP contribution in [0.4, 0.5) is 10.8 Å². The lowest BCUT2D eigenvalue weighted by Crippen LogP contribution is -2.38. The first-order valence-electron chi connectivity index (χ1n) is 13.1. The summed E-state index contributed by atoms with van der Waals surface area (Å²) in [4.78, 5) is 39.4. The largest absolute Gasteiger partial charge is 0.497 e. The summed E-state index contributed by atoms with van der Waals surface area (Å²) in [5.41, 5.74) is 14.5. The van der Waals surface area contributed by atoms with E-state index in [1.165, 1.54) is 31.6 Å². The highest BCUT2D eigenvalue weighted by molar-refractivity contribution is 8.01. The number of aromatic nitrogens is 2. The minimum absolute atomic E-state index is 0.0133. The molecule has 2 aliphatic rings. The molecule has 14 heteroatoms. The third-order valence-electron chi connectivity index (χ3n) is 7.04. The number of carbonyl (C=O) groups excluding carboxylic acids is 3. The van der Waals surface area contributed by atoms with Crippen LogP contribution < -0.4 is 31.2 Å². The van der Waals surface area contributed by atoms with Crippen LogP contribution >= 0.6 is 23.1 Å². The van der Waals surface area contributed by atoms with E-state index in [0.717, 1.165) is 11.8 Å². The lowest BCUT2D eigenvalue weighted by molar-refractivity contribution is -0.116. The van der Waals surface area contributed by atoms with Crippen LogP contribution in [-0.4, -0.2) is 47.8 Å². The van der Waals surface area contributed by atoms with Crippen molar-refractivity contribution in [2.24, 2.45) is 11.5 Å². The van der Waals surface area contributed by atoms with Crippen molar-refractivity contribution in [3.8, 4) is 17.6 Å². The SMILES string of the molecule is COc1ccc(OC)c(C2C(C#N)=C(N)N(c3nnc(SCC(=O)Nc4ccccc4C(N)=O)s3)C3=C2C(=O)CCC3)c1. The molecule has 0 radical (unpaired) electrons. The maximum Gasteiger partial charge on any atom is 0.250 e. The van der Waals surface area contributed by atoms with E-state index >= 15 is 0 Å². The zero-order valence-electron chi connectivity index (χ0n) is 23.2. The molecular formula is C29H27N7O5S2. The quantitative estimate of drug-likeness (QED) is 0.297. The van der Waals surface area contributed by atoms with Gasteiger partial charge in [-0.3, -0.25) is 19.3 Å². The highest BCUT2D eigenvalue weighted by Gasteiger charge is 2.42. The van der Waals surface area contributed by atoms with E-state index in [2.05, 4.69) is 21.6 Å². The Morgan fingerprint density at radius 3 is 2.70 bits per heavy atom. The number of ketones is 1. The van der Waals surface area contributed by atoms with Crippen molar-refractivity contribution in [1.82, 2.24) is 10.2 Å². The average molecular weight is 618 g/mol. The van der Waals surface area contributed by atoms with Gasteiger partial charge in [-0.25, -0.2) is 0 Å². The third-order valence-corrected chi connectivity index (χ3v) is 9.08. The molecule has 1 atom stereocenters. The smallest absolute Gasteiger partial charge is 0.250 e. The van der Waals surface area contributed by atoms with E-state index in [9.17, 15) is 19.6 Å². The standard InChI is InChI=1S/C29H27N7O5S2/c1-40-15-10-11-22(41-2)17(12-15)24-18(13-30)26(31)36(20-8-5-9-21(37)25(20)24)28-34-35-29(43-28)42-14-23(38)33-19-7-4-3-6-16(19)27(32)39/h3-4,6-7,10-12,24H,5,8-9,14,31H2,1-2H3,(H2,32,39)(H,33,38). The number of allylic oxidation sites excluding steroid dienone is 3. The number of Topliss-reactive ketones (excluding diaryl/α,β-unsaturated/α-hetero) is 1. The normalized spacial score (nSPS) is 16.4. The predicted molar refractivity (Wildman–Crippen MR) is 162 cm³/mol. The molecule has 5 N–H and O–H groups in total. The average Bonchev–Trinajstić information content (AvgIpc) is 3.47. The molecule has 1 aliphatic carbocycles. The molecular weight excluding hydrogens is 590 g/mol. The molecule has 2 heterocycles. The fraction of sp³-hybridized carbons (Fsp3) is 0.241. The molecule has 1 aromatic heterocycles. The number of hydrogen-bond donors (Lipinski definition) is 3. The number of primary amides is 1. The fourth-order valence-corrected chi connectivity index (χ4v) is 6.83. The Labute approximate surface area is 255 Å². The minimum Gasteiger partial charge on any atom is -0.497 e. The topological polar surface area (TPSA) is 187 Å². The van der Waals surface area contributed by atoms with Gasteiger partial charge < -0.3 is 26.3 Å². The molecule has 0 saturated carbocycles. The highest BCUT2D eigenvalue weighted by atomic mass is 32.2. The maximum atomic E-state index is 13.5. The lowest BCUT2D eigenvalue weighted by atomic mass is 9.75. The second-order valence-corrected chi connectivity index (χ2v) is 11.7. The van der Waals surface area contributed by atoms with Crippen LogP contribution in [0.1, 0.15) is 41.1 Å². The number of ether oxygens (including phenoxy) is 2. The third kappa shape index (κ3) is 5.77. The van der Waals surface area contributed by atoms with E-state index in [1.807, 2.05) is 0 Å². The number of nitriles is 1. The van der Waals surface area contributed by atoms with Gasteiger partial charge in [0, 0.05) is 23.3 Å². The Morgan fingerprint density at radius 1 is 1.19 bits per heavy atom. The maximum absolute atomic E-state index is 13.5. The van der Waals surface area contributed by atoms with E-state index in [1.54, 1.807) is 41.3 Å². The van der Waals surface area contributed by atoms with E-state index in [4.69, 9.17) is 20.9 Å². The molecule has 0 fully saturated rings. The van der Waals surface area contributed by atoms with Crippen LogP contribution in [0.15, 0.2) is 69.5 Å². The fourth-order valence-electron chi connectivity index (χ4n) is 5.15. The first-order chi connectivity index (χ1) is 20.8. The molecule has 1 aliphatic heterocycles. The number of nitrogens with two attached hydrogens (primary N) is 2. The number of thioether (sulfide) groups is 1. The lowest BCUT2D eigenvalue weighted by Gasteiger charge is -2.38. The molecule has 0 bridgehead atoms. The highest BCUT2D eigenvalue weighted by Crippen LogP contribution is 2.49. The van der Waals surface area contributed by atoms with E-state index in [0.29, 0.717) is 62.8 Å². The van der Waals surface area contributed by atoms with Crippen molar-refractivity contribution in [2.45, 2.75) is 29.5 Å². The van der Waals surface area contributed by atoms with Gasteiger partial charge in [0.1, 0.15) is 17.3 Å². The molecule has 2 aromatic carbocycles. The molecule has 3 aromatic rings. The van der Waals surface area contributed by atoms with Crippen molar-refractivity contribution < 1.29 is 23.9 Å². The molecule has 5 rings (SSSR count). The molecule has 220 valence electrons. The van der Waals surface area contributed by atoms with Gasteiger partial charge in [0.15, 0.2) is 10.1 Å². The van der Waals surface area contributed by atoms with Gasteiger partial charge in [-0.1, -0.05) is 35.2 Å². The van der Waals surface area contributed by atoms with E-state index < -0.39 is 11.8 Å². The summed E-state index contributed by atoms with van der Waals surface area (Å²) < 4.78 is 11.5. The number of methoxy groups -OCH3 is 2. The molecule has 12 nitrogen and oxygen atoms in total. The van der Waals surface area contributed by atoms with Gasteiger partial charge in [-0.05, 0) is 43.2 Å². The van der Waals surface area contributed by atoms with Crippen LogP contribution in [0.3, 0.4) is 0 Å². The van der Waals surface area contributed by atoms with Gasteiger partial charge in [0.05, 0.1) is 48.8 Å². The Kier molecular flexibility index (Phi) is 8.65. The second kappa shape index (κ2) is 12.6. The Morgan fingerprint density at radius 2 is 1.98 bits per heavy atom. The van der Waals surface area contributed by atoms with Crippen molar-refractivity contribution in [1.29, 1.82) is 5.26 Å². The Bertz CT molecular complexity index is 1730. The van der Waals surface area contributed by atoms with Crippen molar-refractivity contribution in [3.05, 3.63) is 76.3 Å².